The molecule has 0 spiro atoms. The highest BCUT2D eigenvalue weighted by Gasteiger charge is 2.21. The van der Waals surface area contributed by atoms with E-state index in [2.05, 4.69) is 10.3 Å². The van der Waals surface area contributed by atoms with Gasteiger partial charge in [0, 0.05) is 19.6 Å². The van der Waals surface area contributed by atoms with Crippen molar-refractivity contribution in [2.24, 2.45) is 5.92 Å². The number of carbonyl (C=O) groups excluding carboxylic acids is 1. The summed E-state index contributed by atoms with van der Waals surface area (Å²) in [6, 6.07) is 5.61. The van der Waals surface area contributed by atoms with Gasteiger partial charge in [-0.2, -0.15) is 0 Å². The molecule has 0 aliphatic carbocycles. The second-order valence-corrected chi connectivity index (χ2v) is 8.56. The van der Waals surface area contributed by atoms with Crippen molar-refractivity contribution in [2.75, 3.05) is 44.5 Å². The zero-order valence-corrected chi connectivity index (χ0v) is 20.8. The number of aromatic nitrogens is 2. The SMILES string of the molecule is CCCCN(CC(=O)NCCc1ccc(OC)c(OC)c1)c1c(N)n(CC(C)C)c(=O)[nH]c1=O. The molecule has 1 aromatic heterocycles. The van der Waals surface area contributed by atoms with Gasteiger partial charge in [-0.15, -0.1) is 0 Å². The third-order valence-electron chi connectivity index (χ3n) is 5.38. The third-order valence-corrected chi connectivity index (χ3v) is 5.38. The lowest BCUT2D eigenvalue weighted by molar-refractivity contribution is -0.119. The lowest BCUT2D eigenvalue weighted by Crippen LogP contribution is -2.44. The summed E-state index contributed by atoms with van der Waals surface area (Å²) in [5, 5.41) is 2.90. The van der Waals surface area contributed by atoms with E-state index in [1.165, 1.54) is 4.57 Å². The highest BCUT2D eigenvalue weighted by atomic mass is 16.5. The molecule has 0 bridgehead atoms. The van der Waals surface area contributed by atoms with Crippen molar-refractivity contribution in [3.8, 4) is 11.5 Å². The minimum absolute atomic E-state index is 0.0426. The number of carbonyl (C=O) groups is 1. The number of rotatable bonds is 13. The van der Waals surface area contributed by atoms with E-state index < -0.39 is 11.2 Å². The number of H-pyrrole nitrogens is 1. The molecule has 1 heterocycles. The lowest BCUT2D eigenvalue weighted by atomic mass is 10.1. The first-order valence-electron chi connectivity index (χ1n) is 11.6. The third kappa shape index (κ3) is 7.03. The van der Waals surface area contributed by atoms with E-state index in [4.69, 9.17) is 15.2 Å². The standard InChI is InChI=1S/C24H37N5O5/c1-6-7-12-28(21-22(25)29(14-16(2)3)24(32)27-23(21)31)15-20(30)26-11-10-17-8-9-18(33-4)19(13-17)34-5/h8-9,13,16H,6-7,10-12,14-15,25H2,1-5H3,(H,26,30)(H,27,31,32). The second-order valence-electron chi connectivity index (χ2n) is 8.56. The maximum atomic E-state index is 12.7. The van der Waals surface area contributed by atoms with Crippen LogP contribution in [-0.2, 0) is 17.8 Å². The van der Waals surface area contributed by atoms with Gasteiger partial charge in [-0.25, -0.2) is 4.79 Å². The fraction of sp³-hybridized carbons (Fsp3) is 0.542. The zero-order chi connectivity index (χ0) is 25.3. The molecule has 34 heavy (non-hydrogen) atoms. The molecule has 0 unspecified atom stereocenters. The van der Waals surface area contributed by atoms with Crippen LogP contribution in [-0.4, -0.2) is 49.3 Å². The second kappa shape index (κ2) is 12.7. The van der Waals surface area contributed by atoms with Gasteiger partial charge in [-0.1, -0.05) is 33.3 Å². The maximum Gasteiger partial charge on any atom is 0.330 e. The number of nitrogen functional groups attached to an aromatic ring is 1. The first kappa shape index (κ1) is 26.8. The molecule has 0 aliphatic heterocycles. The number of nitrogens with one attached hydrogen (secondary N) is 2. The summed E-state index contributed by atoms with van der Waals surface area (Å²) in [5.74, 6) is 1.27. The summed E-state index contributed by atoms with van der Waals surface area (Å²) < 4.78 is 11.9. The Morgan fingerprint density at radius 1 is 1.21 bits per heavy atom. The molecule has 0 saturated heterocycles. The molecule has 4 N–H and O–H groups in total. The van der Waals surface area contributed by atoms with Crippen molar-refractivity contribution < 1.29 is 14.3 Å². The highest BCUT2D eigenvalue weighted by molar-refractivity contribution is 5.82. The number of unbranched alkanes of at least 4 members (excludes halogenated alkanes) is 1. The Morgan fingerprint density at radius 2 is 1.91 bits per heavy atom. The number of anilines is 2. The van der Waals surface area contributed by atoms with Crippen LogP contribution in [0.3, 0.4) is 0 Å². The number of amides is 1. The Hall–Kier alpha value is -3.43. The zero-order valence-electron chi connectivity index (χ0n) is 20.8. The number of hydrogen-bond donors (Lipinski definition) is 3. The molecule has 2 aromatic rings. The number of methoxy groups -OCH3 is 2. The minimum atomic E-state index is -0.586. The summed E-state index contributed by atoms with van der Waals surface area (Å²) in [4.78, 5) is 41.7. The van der Waals surface area contributed by atoms with Crippen LogP contribution >= 0.6 is 0 Å². The minimum Gasteiger partial charge on any atom is -0.493 e. The summed E-state index contributed by atoms with van der Waals surface area (Å²) >= 11 is 0. The predicted molar refractivity (Wildman–Crippen MR) is 134 cm³/mol. The topological polar surface area (TPSA) is 132 Å². The quantitative estimate of drug-likeness (QED) is 0.402. The predicted octanol–water partition coefficient (Wildman–Crippen LogP) is 1.76. The Bertz CT molecular complexity index is 1080. The van der Waals surface area contributed by atoms with Crippen LogP contribution in [0.2, 0.25) is 0 Å². The van der Waals surface area contributed by atoms with E-state index in [9.17, 15) is 14.4 Å². The highest BCUT2D eigenvalue weighted by Crippen LogP contribution is 2.27. The van der Waals surface area contributed by atoms with E-state index in [1.54, 1.807) is 19.1 Å². The van der Waals surface area contributed by atoms with Gasteiger partial charge in [-0.05, 0) is 36.5 Å². The normalized spacial score (nSPS) is 10.9. The number of nitrogens with zero attached hydrogens (tertiary/aromatic N) is 2. The number of nitrogens with two attached hydrogens (primary N) is 1. The van der Waals surface area contributed by atoms with Gasteiger partial charge in [0.1, 0.15) is 11.5 Å². The van der Waals surface area contributed by atoms with Crippen LogP contribution in [0.4, 0.5) is 11.5 Å². The molecule has 2 rings (SSSR count). The van der Waals surface area contributed by atoms with Gasteiger partial charge in [0.05, 0.1) is 20.8 Å². The van der Waals surface area contributed by atoms with Crippen molar-refractivity contribution in [2.45, 2.75) is 46.6 Å². The van der Waals surface area contributed by atoms with Gasteiger partial charge in [0.15, 0.2) is 11.5 Å². The number of ether oxygens (including phenoxy) is 2. The summed E-state index contributed by atoms with van der Waals surface area (Å²) in [6.07, 6.45) is 2.24. The average molecular weight is 476 g/mol. The molecule has 0 radical (unpaired) electrons. The van der Waals surface area contributed by atoms with Gasteiger partial charge in [0.25, 0.3) is 5.56 Å². The van der Waals surface area contributed by atoms with E-state index in [1.807, 2.05) is 39.0 Å². The van der Waals surface area contributed by atoms with Gasteiger partial charge < -0.3 is 25.4 Å². The van der Waals surface area contributed by atoms with Gasteiger partial charge >= 0.3 is 5.69 Å². The van der Waals surface area contributed by atoms with Crippen molar-refractivity contribution in [3.63, 3.8) is 0 Å². The molecular formula is C24H37N5O5. The molecule has 10 heteroatoms. The van der Waals surface area contributed by atoms with E-state index >= 15 is 0 Å². The van der Waals surface area contributed by atoms with Crippen molar-refractivity contribution in [1.29, 1.82) is 0 Å². The molecule has 188 valence electrons. The summed E-state index contributed by atoms with van der Waals surface area (Å²) in [5.41, 5.74) is 6.27. The fourth-order valence-electron chi connectivity index (χ4n) is 3.66. The molecule has 0 aliphatic rings. The van der Waals surface area contributed by atoms with Gasteiger partial charge in [-0.3, -0.25) is 19.1 Å². The summed E-state index contributed by atoms with van der Waals surface area (Å²) in [7, 11) is 3.15. The van der Waals surface area contributed by atoms with Crippen molar-refractivity contribution >= 4 is 17.4 Å². The maximum absolute atomic E-state index is 12.7. The van der Waals surface area contributed by atoms with E-state index in [0.29, 0.717) is 37.6 Å². The molecule has 1 aromatic carbocycles. The number of benzene rings is 1. The summed E-state index contributed by atoms with van der Waals surface area (Å²) in [6.45, 7) is 7.14. The van der Waals surface area contributed by atoms with Crippen LogP contribution in [0.5, 0.6) is 11.5 Å². The number of hydrogen-bond acceptors (Lipinski definition) is 7. The van der Waals surface area contributed by atoms with E-state index in [-0.39, 0.29) is 29.9 Å². The van der Waals surface area contributed by atoms with Gasteiger partial charge in [0.2, 0.25) is 5.91 Å². The van der Waals surface area contributed by atoms with E-state index in [0.717, 1.165) is 18.4 Å². The fourth-order valence-corrected chi connectivity index (χ4v) is 3.66. The largest absolute Gasteiger partial charge is 0.493 e. The van der Waals surface area contributed by atoms with Crippen LogP contribution in [0.1, 0.15) is 39.2 Å². The first-order valence-corrected chi connectivity index (χ1v) is 11.6. The molecule has 0 atom stereocenters. The molecule has 1 amide bonds. The molecule has 0 saturated carbocycles. The Balaban J connectivity index is 2.14. The molecule has 10 nitrogen and oxygen atoms in total. The lowest BCUT2D eigenvalue weighted by Gasteiger charge is -2.26. The Morgan fingerprint density at radius 3 is 2.53 bits per heavy atom. The molecule has 0 fully saturated rings. The Kier molecular flexibility index (Phi) is 10.0. The average Bonchev–Trinajstić information content (AvgIpc) is 2.79. The van der Waals surface area contributed by atoms with Crippen LogP contribution in [0.15, 0.2) is 27.8 Å². The smallest absolute Gasteiger partial charge is 0.330 e. The van der Waals surface area contributed by atoms with Crippen LogP contribution in [0, 0.1) is 5.92 Å². The first-order chi connectivity index (χ1) is 16.2. The number of aromatic amines is 1. The van der Waals surface area contributed by atoms with Crippen LogP contribution in [0.25, 0.3) is 0 Å². The molecular weight excluding hydrogens is 438 g/mol. The van der Waals surface area contributed by atoms with Crippen LogP contribution < -0.4 is 36.7 Å². The monoisotopic (exact) mass is 475 g/mol. The van der Waals surface area contributed by atoms with Crippen molar-refractivity contribution in [1.82, 2.24) is 14.9 Å². The Labute approximate surface area is 200 Å². The van der Waals surface area contributed by atoms with Crippen molar-refractivity contribution in [3.05, 3.63) is 44.6 Å².